The normalized spacial score (nSPS) is 10.6. The molecule has 0 amide bonds. The van der Waals surface area contributed by atoms with Crippen LogP contribution in [0.2, 0.25) is 15.1 Å². The molecule has 4 N–H and O–H groups in total. The van der Waals surface area contributed by atoms with Crippen LogP contribution in [0.15, 0.2) is 141 Å². The predicted molar refractivity (Wildman–Crippen MR) is 226 cm³/mol. The lowest BCUT2D eigenvalue weighted by molar-refractivity contribution is 0.100. The van der Waals surface area contributed by atoms with Crippen LogP contribution in [0.5, 0.6) is 17.2 Å². The van der Waals surface area contributed by atoms with Gasteiger partial charge in [-0.15, -0.1) is 0 Å². The van der Waals surface area contributed by atoms with Gasteiger partial charge >= 0.3 is 0 Å². The van der Waals surface area contributed by atoms with Crippen molar-refractivity contribution in [2.75, 3.05) is 17.7 Å². The van der Waals surface area contributed by atoms with E-state index in [4.69, 9.17) is 39.5 Å². The summed E-state index contributed by atoms with van der Waals surface area (Å²) in [6.07, 6.45) is 0. The van der Waals surface area contributed by atoms with Crippen molar-refractivity contribution in [3.63, 3.8) is 0 Å². The summed E-state index contributed by atoms with van der Waals surface area (Å²) in [4.78, 5) is 27.6. The van der Waals surface area contributed by atoms with Gasteiger partial charge in [-0.2, -0.15) is 0 Å². The maximum Gasteiger partial charge on any atom is 0.163 e. The number of carbonyl (C=O) groups is 2. The maximum absolute atomic E-state index is 11.7. The molecule has 0 aliphatic rings. The van der Waals surface area contributed by atoms with Gasteiger partial charge in [0.15, 0.2) is 11.6 Å². The number of Topliss-reactive ketones (excluding diaryl/α,β-unsaturated/α-hetero) is 2. The molecular formula is C43H37Cl3N2O5S2. The number of nitrogens with one attached hydrogen (secondary N) is 2. The highest BCUT2D eigenvalue weighted by Gasteiger charge is 2.15. The van der Waals surface area contributed by atoms with Crippen molar-refractivity contribution in [2.45, 2.75) is 46.5 Å². The summed E-state index contributed by atoms with van der Waals surface area (Å²) in [7, 11) is 1.64. The van der Waals surface area contributed by atoms with Crippen LogP contribution in [0.4, 0.5) is 11.4 Å². The summed E-state index contributed by atoms with van der Waals surface area (Å²) in [5, 5.41) is 28.5. The third-order valence-electron chi connectivity index (χ3n) is 8.14. The summed E-state index contributed by atoms with van der Waals surface area (Å²) in [6, 6.07) is 37.7. The molecule has 282 valence electrons. The Balaban J connectivity index is 0.000000211. The second-order valence-electron chi connectivity index (χ2n) is 12.0. The molecule has 12 heteroatoms. The average Bonchev–Trinajstić information content (AvgIpc) is 3.17. The van der Waals surface area contributed by atoms with Crippen molar-refractivity contribution < 1.29 is 24.5 Å². The van der Waals surface area contributed by atoms with Gasteiger partial charge in [0.2, 0.25) is 0 Å². The van der Waals surface area contributed by atoms with E-state index < -0.39 is 0 Å². The van der Waals surface area contributed by atoms with Crippen LogP contribution in [0.3, 0.4) is 0 Å². The zero-order valence-corrected chi connectivity index (χ0v) is 33.9. The quantitative estimate of drug-likeness (QED) is 0.0668. The fourth-order valence-electron chi connectivity index (χ4n) is 5.30. The highest BCUT2D eigenvalue weighted by atomic mass is 35.5. The first-order chi connectivity index (χ1) is 26.4. The molecule has 6 aromatic carbocycles. The van der Waals surface area contributed by atoms with Crippen LogP contribution in [0.25, 0.3) is 0 Å². The molecule has 6 rings (SSSR count). The molecule has 6 aromatic rings. The highest BCUT2D eigenvalue weighted by molar-refractivity contribution is 7.99. The number of hydrogen-bond acceptors (Lipinski definition) is 9. The first kappa shape index (κ1) is 41.4. The van der Waals surface area contributed by atoms with Crippen molar-refractivity contribution in [3.05, 3.63) is 159 Å². The summed E-state index contributed by atoms with van der Waals surface area (Å²) < 4.78 is 5.20. The molecule has 0 radical (unpaired) electrons. The molecule has 7 nitrogen and oxygen atoms in total. The standard InChI is InChI=1S/C22H20ClNO3S.C21H17Cl2NO2S/c1-14(25)19-11-16(23)12-20(22(19)26)24-13-15-5-3-4-6-21(15)28-18-9-7-17(27-2)8-10-18;1-13(25)16-10-15(22)11-18(21(16)26)24-12-14-6-2-4-8-19(14)27-20-9-5-3-7-17(20)23/h3-12,24,26H,13H2,1-2H3;2-11,24,26H,12H2,1H3. The van der Waals surface area contributed by atoms with Gasteiger partial charge < -0.3 is 25.6 Å². The molecule has 55 heavy (non-hydrogen) atoms. The largest absolute Gasteiger partial charge is 0.505 e. The topological polar surface area (TPSA) is 108 Å². The number of carbonyl (C=O) groups excluding carboxylic acids is 2. The van der Waals surface area contributed by atoms with Crippen LogP contribution < -0.4 is 15.4 Å². The van der Waals surface area contributed by atoms with E-state index in [9.17, 15) is 19.8 Å². The second kappa shape index (κ2) is 19.7. The number of ketones is 2. The third-order valence-corrected chi connectivity index (χ3v) is 11.3. The highest BCUT2D eigenvalue weighted by Crippen LogP contribution is 2.38. The number of halogens is 3. The smallest absolute Gasteiger partial charge is 0.163 e. The Kier molecular flexibility index (Phi) is 14.8. The van der Waals surface area contributed by atoms with Gasteiger partial charge in [-0.25, -0.2) is 0 Å². The van der Waals surface area contributed by atoms with Crippen LogP contribution in [-0.4, -0.2) is 28.9 Å². The zero-order chi connectivity index (χ0) is 39.5. The Bertz CT molecular complexity index is 2300. The molecule has 0 saturated heterocycles. The van der Waals surface area contributed by atoms with E-state index in [1.807, 2.05) is 97.1 Å². The van der Waals surface area contributed by atoms with Crippen molar-refractivity contribution in [1.82, 2.24) is 0 Å². The number of phenols is 2. The molecule has 0 aromatic heterocycles. The molecule has 0 fully saturated rings. The molecule has 0 heterocycles. The molecule has 0 unspecified atom stereocenters. The fraction of sp³-hybridized carbons (Fsp3) is 0.116. The van der Waals surface area contributed by atoms with E-state index in [-0.39, 0.29) is 34.2 Å². The number of phenolic OH excluding ortho intramolecular Hbond substituents is 2. The summed E-state index contributed by atoms with van der Waals surface area (Å²) in [6.45, 7) is 3.73. The first-order valence-corrected chi connectivity index (χ1v) is 19.6. The number of aromatic hydroxyl groups is 2. The Morgan fingerprint density at radius 3 is 1.49 bits per heavy atom. The van der Waals surface area contributed by atoms with Gasteiger partial charge in [-0.05, 0) is 97.8 Å². The van der Waals surface area contributed by atoms with Crippen molar-refractivity contribution in [1.29, 1.82) is 0 Å². The average molecular weight is 832 g/mol. The molecular weight excluding hydrogens is 795 g/mol. The summed E-state index contributed by atoms with van der Waals surface area (Å²) in [5.41, 5.74) is 3.35. The molecule has 0 spiro atoms. The number of anilines is 2. The lowest BCUT2D eigenvalue weighted by Gasteiger charge is -2.14. The minimum atomic E-state index is -0.243. The van der Waals surface area contributed by atoms with Gasteiger partial charge in [0.05, 0.1) is 34.6 Å². The molecule has 0 aliphatic carbocycles. The Labute approximate surface area is 344 Å². The number of benzene rings is 6. The van der Waals surface area contributed by atoms with Crippen molar-refractivity contribution in [2.24, 2.45) is 0 Å². The van der Waals surface area contributed by atoms with E-state index in [0.717, 1.165) is 36.5 Å². The maximum atomic E-state index is 11.7. The number of hydrogen-bond donors (Lipinski definition) is 4. The van der Waals surface area contributed by atoms with E-state index in [2.05, 4.69) is 10.6 Å². The minimum absolute atomic E-state index is 0.0859. The second-order valence-corrected chi connectivity index (χ2v) is 15.5. The van der Waals surface area contributed by atoms with Crippen LogP contribution in [-0.2, 0) is 13.1 Å². The fourth-order valence-corrected chi connectivity index (χ4v) is 7.90. The lowest BCUT2D eigenvalue weighted by Crippen LogP contribution is -2.03. The van der Waals surface area contributed by atoms with Crippen LogP contribution in [0, 0.1) is 0 Å². The Morgan fingerprint density at radius 1 is 0.600 bits per heavy atom. The molecule has 0 aliphatic heterocycles. The van der Waals surface area contributed by atoms with Crippen LogP contribution in [0.1, 0.15) is 45.7 Å². The van der Waals surface area contributed by atoms with Gasteiger partial charge in [0, 0.05) is 42.7 Å². The summed E-state index contributed by atoms with van der Waals surface area (Å²) in [5.74, 6) is 0.156. The molecule has 0 saturated carbocycles. The van der Waals surface area contributed by atoms with E-state index in [1.165, 1.54) is 26.0 Å². The lowest BCUT2D eigenvalue weighted by atomic mass is 10.1. The van der Waals surface area contributed by atoms with Gasteiger partial charge in [0.1, 0.15) is 17.2 Å². The van der Waals surface area contributed by atoms with Crippen LogP contribution >= 0.6 is 58.3 Å². The minimum Gasteiger partial charge on any atom is -0.505 e. The van der Waals surface area contributed by atoms with Gasteiger partial charge in [0.25, 0.3) is 0 Å². The van der Waals surface area contributed by atoms with E-state index >= 15 is 0 Å². The Hall–Kier alpha value is -4.77. The van der Waals surface area contributed by atoms with E-state index in [0.29, 0.717) is 39.5 Å². The third kappa shape index (κ3) is 11.4. The van der Waals surface area contributed by atoms with Crippen molar-refractivity contribution >= 4 is 81.3 Å². The Morgan fingerprint density at radius 2 is 1.04 bits per heavy atom. The first-order valence-electron chi connectivity index (χ1n) is 16.9. The monoisotopic (exact) mass is 830 g/mol. The summed E-state index contributed by atoms with van der Waals surface area (Å²) >= 11 is 21.7. The molecule has 0 bridgehead atoms. The van der Waals surface area contributed by atoms with E-state index in [1.54, 1.807) is 42.8 Å². The zero-order valence-electron chi connectivity index (χ0n) is 30.0. The number of methoxy groups -OCH3 is 1. The van der Waals surface area contributed by atoms with Gasteiger partial charge in [-0.3, -0.25) is 9.59 Å². The van der Waals surface area contributed by atoms with Crippen molar-refractivity contribution in [3.8, 4) is 17.2 Å². The number of rotatable bonds is 13. The number of ether oxygens (including phenoxy) is 1. The predicted octanol–water partition coefficient (Wildman–Crippen LogP) is 12.7. The molecule has 0 atom stereocenters. The SMILES string of the molecule is CC(=O)c1cc(Cl)cc(NCc2ccccc2Sc2ccccc2Cl)c1O.COc1ccc(Sc2ccccc2CNc2cc(Cl)cc(C(C)=O)c2O)cc1. The van der Waals surface area contributed by atoms with Gasteiger partial charge in [-0.1, -0.05) is 107 Å².